The van der Waals surface area contributed by atoms with E-state index in [-0.39, 0.29) is 7.21 Å². The predicted octanol–water partition coefficient (Wildman–Crippen LogP) is 23.8. The maximum Gasteiger partial charge on any atom is 0.213 e. The van der Waals surface area contributed by atoms with Crippen LogP contribution in [0.5, 0.6) is 0 Å². The van der Waals surface area contributed by atoms with E-state index in [0.717, 1.165) is 94.8 Å². The van der Waals surface area contributed by atoms with Gasteiger partial charge in [0.15, 0.2) is 5.82 Å². The number of aromatic nitrogens is 4. The number of thiophene rings is 4. The van der Waals surface area contributed by atoms with Crippen LogP contribution in [0.2, 0.25) is 0 Å². The average molecular weight is 1740 g/mol. The van der Waals surface area contributed by atoms with E-state index in [1.165, 1.54) is 93.2 Å². The number of hydrogen-bond donors (Lipinski definition) is 0. The van der Waals surface area contributed by atoms with Gasteiger partial charge in [0.1, 0.15) is 5.69 Å². The number of aryl methyl sites for hydroxylation is 4. The minimum Gasteiger partial charge on any atom is -0.309 e. The third-order valence-electron chi connectivity index (χ3n) is 19.7. The van der Waals surface area contributed by atoms with Crippen LogP contribution in [0.25, 0.3) is 45.9 Å². The summed E-state index contributed by atoms with van der Waals surface area (Å²) in [7, 11) is 16.8. The first-order valence-electron chi connectivity index (χ1n) is 38.4. The van der Waals surface area contributed by atoms with Crippen LogP contribution in [0.1, 0.15) is 94.6 Å². The van der Waals surface area contributed by atoms with Crippen LogP contribution in [0, 0.1) is 27.7 Å². The number of hydrogen-bond acceptors (Lipinski definition) is 14. The normalized spacial score (nSPS) is 11.8. The third-order valence-corrected chi connectivity index (χ3v) is 34.1. The summed E-state index contributed by atoms with van der Waals surface area (Å²) in [6.07, 6.45) is 11.3. The number of halogens is 2. The number of ketones is 1. The molecule has 0 aliphatic rings. The van der Waals surface area contributed by atoms with Crippen molar-refractivity contribution in [1.29, 1.82) is 0 Å². The number of likely N-dealkylation sites (N-methyl/N-ethyl adjacent to an activating group) is 4. The summed E-state index contributed by atoms with van der Waals surface area (Å²) in [6, 6.07) is 82.4. The molecule has 15 rings (SSSR count). The molecule has 590 valence electrons. The first-order chi connectivity index (χ1) is 54.8. The van der Waals surface area contributed by atoms with E-state index in [4.69, 9.17) is 0 Å². The fourth-order valence-electron chi connectivity index (χ4n) is 13.4. The summed E-state index contributed by atoms with van der Waals surface area (Å²) in [6.45, 7) is 24.7. The number of aliphatic imine (C=N–C) groups is 1. The molecule has 0 fully saturated rings. The van der Waals surface area contributed by atoms with Gasteiger partial charge in [-0.3, -0.25) is 19.7 Å². The van der Waals surface area contributed by atoms with Gasteiger partial charge < -0.3 is 19.6 Å². The molecule has 114 heavy (non-hydrogen) atoms. The first-order valence-corrected chi connectivity index (χ1v) is 47.1. The smallest absolute Gasteiger partial charge is 0.213 e. The van der Waals surface area contributed by atoms with E-state index in [2.05, 4.69) is 361 Å². The molecule has 10 nitrogen and oxygen atoms in total. The molecule has 0 amide bonds. The van der Waals surface area contributed by atoms with Crippen molar-refractivity contribution in [3.63, 3.8) is 0 Å². The Morgan fingerprint density at radius 3 is 1.21 bits per heavy atom. The van der Waals surface area contributed by atoms with Gasteiger partial charge in [0.25, 0.3) is 0 Å². The zero-order valence-corrected chi connectivity index (χ0v) is 75.6. The number of pyridine rings is 4. The quantitative estimate of drug-likeness (QED) is 0.0374. The molecule has 1 unspecified atom stereocenters. The van der Waals surface area contributed by atoms with Gasteiger partial charge in [0.05, 0.1) is 5.69 Å². The molecule has 0 N–H and O–H groups in total. The van der Waals surface area contributed by atoms with Gasteiger partial charge in [-0.1, -0.05) is 86.3 Å². The van der Waals surface area contributed by atoms with Crippen molar-refractivity contribution in [2.45, 2.75) is 66.2 Å². The molecule has 15 aromatic rings. The van der Waals surface area contributed by atoms with Gasteiger partial charge in [-0.05, 0) is 238 Å². The van der Waals surface area contributed by atoms with Gasteiger partial charge in [-0.2, -0.15) is 0 Å². The van der Waals surface area contributed by atoms with Crippen molar-refractivity contribution in [3.05, 3.63) is 348 Å². The molecular formula is C97H108Br2N9OPS4. The van der Waals surface area contributed by atoms with Crippen LogP contribution in [0.15, 0.2) is 277 Å². The van der Waals surface area contributed by atoms with Crippen molar-refractivity contribution >= 4 is 162 Å². The van der Waals surface area contributed by atoms with Gasteiger partial charge in [-0.15, -0.1) is 45.3 Å². The van der Waals surface area contributed by atoms with Gasteiger partial charge in [0.2, 0.25) is 5.78 Å². The van der Waals surface area contributed by atoms with Crippen molar-refractivity contribution in [2.24, 2.45) is 4.99 Å². The van der Waals surface area contributed by atoms with Gasteiger partial charge >= 0.3 is 134 Å². The number of fused-ring (bicyclic) bond motifs is 4. The summed E-state index contributed by atoms with van der Waals surface area (Å²) in [4.78, 5) is 48.4. The predicted molar refractivity (Wildman–Crippen MR) is 510 cm³/mol. The number of carbonyl (C=O) groups excluding carboxylic acids is 1. The second kappa shape index (κ2) is 41.7. The second-order valence-corrected chi connectivity index (χ2v) is 44.9. The molecular weight excluding hydrogens is 1630 g/mol. The summed E-state index contributed by atoms with van der Waals surface area (Å²) >= 11 is 15.4. The van der Waals surface area contributed by atoms with Crippen molar-refractivity contribution < 1.29 is 6.22 Å². The SMILES string of the molecule is C=C(c1cc(C)ccn1)c1c(CCN(C)C)sc2ccccc12.C=Nc1cc(C)ccn1.CN(C)CCc1sc2ccccc2c1Br.CP(Br)(c1ccccc1)(c1ccccc1)c1ccccc1.Cc1ccnc(C(=O)c2c(CCN(C)C)sc3ccccc23)c1.Cc1ccnc(C(C)c2c(CCN(C)C)sc3ccccc23)c1.[HH]. The maximum atomic E-state index is 13.1. The standard InChI is InChI=1S/C20H24N2S.C20H22N2S.C19H18BrP.C19H20N2OS.C12H14BrNS.C7H8N2.H2/c2*1-14-9-11-21-17(13-14)15(2)20-16-7-5-6-8-18(16)23-19(20)10-12-22(3)4;1-21(20,17-11-5-2-6-12-17,18-13-7-3-8-14-18)19-15-9-4-10-16-19;1-13-8-10-20-15(12-13)19(22)18-14-6-4-5-7-16(14)23-17(18)9-11-21(2)3;1-14(2)8-7-11-12(13)9-5-3-4-6-10(9)15-11;1-6-3-4-9-7(5-6)8-2;/h5-9,11,13,15H,10,12H2,1-4H3;5-9,11,13H,2,10,12H2,1,3-4H3;2-16H,1H3;4-8,10,12H,9,11H2,1-3H3;3-6H,7-8H2,1-2H3;3-5H,2H2,1H3;1H. The Labute approximate surface area is 710 Å². The second-order valence-electron chi connectivity index (χ2n) is 29.8. The Balaban J connectivity index is 0.000000160. The molecule has 0 aliphatic heterocycles. The van der Waals surface area contributed by atoms with Crippen molar-refractivity contribution in [3.8, 4) is 0 Å². The van der Waals surface area contributed by atoms with E-state index < -0.39 is 5.31 Å². The number of rotatable bonds is 22. The van der Waals surface area contributed by atoms with Crippen LogP contribution >= 0.6 is 82.1 Å². The molecule has 0 radical (unpaired) electrons. The molecule has 7 aromatic carbocycles. The van der Waals surface area contributed by atoms with Crippen molar-refractivity contribution in [1.82, 2.24) is 39.5 Å². The molecule has 0 aliphatic carbocycles. The zero-order valence-electron chi connectivity index (χ0n) is 68.2. The van der Waals surface area contributed by atoms with Gasteiger partial charge in [0, 0.05) is 140 Å². The summed E-state index contributed by atoms with van der Waals surface area (Å²) < 4.78 is 6.53. The monoisotopic (exact) mass is 1730 g/mol. The fraction of sp³-hybridized carbons (Fsp3) is 0.237. The van der Waals surface area contributed by atoms with E-state index in [1.54, 1.807) is 23.7 Å². The summed E-state index contributed by atoms with van der Waals surface area (Å²) in [5.74, 6) is 1.04. The van der Waals surface area contributed by atoms with Crippen molar-refractivity contribution in [2.75, 3.05) is 89.2 Å². The summed E-state index contributed by atoms with van der Waals surface area (Å²) in [5.41, 5.74) is 12.0. The molecule has 0 spiro atoms. The van der Waals surface area contributed by atoms with Crippen LogP contribution in [0.4, 0.5) is 5.82 Å². The minimum absolute atomic E-state index is 0. The number of nitrogens with zero attached hydrogens (tertiary/aromatic N) is 9. The number of benzene rings is 7. The van der Waals surface area contributed by atoms with Crippen LogP contribution in [-0.4, -0.2) is 141 Å². The molecule has 1 atom stereocenters. The molecule has 0 saturated carbocycles. The Morgan fingerprint density at radius 1 is 0.430 bits per heavy atom. The molecule has 8 heterocycles. The Morgan fingerprint density at radius 2 is 0.772 bits per heavy atom. The zero-order chi connectivity index (χ0) is 81.5. The van der Waals surface area contributed by atoms with E-state index >= 15 is 0 Å². The van der Waals surface area contributed by atoms with Gasteiger partial charge in [-0.25, -0.2) is 9.98 Å². The Kier molecular flexibility index (Phi) is 32.1. The Hall–Kier alpha value is -8.71. The van der Waals surface area contributed by atoms with Crippen LogP contribution in [-0.2, 0) is 25.7 Å². The molecule has 8 aromatic heterocycles. The van der Waals surface area contributed by atoms with Crippen LogP contribution < -0.4 is 15.9 Å². The maximum absolute atomic E-state index is 13.1. The largest absolute Gasteiger partial charge is 0.309 e. The van der Waals surface area contributed by atoms with E-state index in [9.17, 15) is 4.79 Å². The van der Waals surface area contributed by atoms with E-state index in [0.29, 0.717) is 17.4 Å². The Bertz CT molecular complexity index is 5420. The average Bonchev–Trinajstić information content (AvgIpc) is 1.53. The molecule has 0 saturated heterocycles. The van der Waals surface area contributed by atoms with Crippen LogP contribution in [0.3, 0.4) is 0 Å². The third kappa shape index (κ3) is 22.9. The summed E-state index contributed by atoms with van der Waals surface area (Å²) in [5, 5.41) is 6.55. The fourth-order valence-corrected chi connectivity index (χ4v) is 24.8. The number of carbonyl (C=O) groups is 1. The van der Waals surface area contributed by atoms with E-state index in [1.807, 2.05) is 109 Å². The molecule has 0 bridgehead atoms. The minimum atomic E-state index is -2.56. The first kappa shape index (κ1) is 87.7. The topological polar surface area (TPSA) is 94.0 Å². The molecule has 17 heteroatoms.